The van der Waals surface area contributed by atoms with E-state index in [1.807, 2.05) is 0 Å². The Kier molecular flexibility index (Phi) is 2.07. The van der Waals surface area contributed by atoms with E-state index in [2.05, 4.69) is 4.74 Å². The standard InChI is InChI=1S/C10H9NO4/c1-6-3-7-9(15-6)4-8(10(13)14-2)11(7)5-12/h3-5H,1-2H3. The molecule has 2 rings (SSSR count). The fourth-order valence-electron chi connectivity index (χ4n) is 1.51. The van der Waals surface area contributed by atoms with Gasteiger partial charge < -0.3 is 9.15 Å². The topological polar surface area (TPSA) is 61.4 Å². The van der Waals surface area contributed by atoms with Crippen LogP contribution in [-0.4, -0.2) is 24.1 Å². The first-order chi connectivity index (χ1) is 7.17. The lowest BCUT2D eigenvalue weighted by atomic mass is 10.4. The van der Waals surface area contributed by atoms with Crippen LogP contribution in [0.1, 0.15) is 16.2 Å². The van der Waals surface area contributed by atoms with Crippen molar-refractivity contribution in [2.24, 2.45) is 0 Å². The second kappa shape index (κ2) is 3.27. The molecule has 78 valence electrons. The van der Waals surface area contributed by atoms with Gasteiger partial charge >= 0.3 is 5.97 Å². The molecule has 0 amide bonds. The summed E-state index contributed by atoms with van der Waals surface area (Å²) in [6.07, 6.45) is 0.559. The van der Waals surface area contributed by atoms with Crippen LogP contribution < -0.4 is 0 Å². The van der Waals surface area contributed by atoms with Crippen molar-refractivity contribution < 1.29 is 18.7 Å². The lowest BCUT2D eigenvalue weighted by molar-refractivity contribution is 0.0592. The van der Waals surface area contributed by atoms with Gasteiger partial charge in [0.05, 0.1) is 12.6 Å². The Morgan fingerprint density at radius 3 is 2.87 bits per heavy atom. The molecule has 0 aliphatic heterocycles. The Morgan fingerprint density at radius 1 is 1.53 bits per heavy atom. The van der Waals surface area contributed by atoms with Crippen LogP contribution in [0.3, 0.4) is 0 Å². The van der Waals surface area contributed by atoms with Gasteiger partial charge in [-0.05, 0) is 6.92 Å². The third-order valence-electron chi connectivity index (χ3n) is 2.15. The second-order valence-corrected chi connectivity index (χ2v) is 3.10. The molecule has 15 heavy (non-hydrogen) atoms. The first-order valence-corrected chi connectivity index (χ1v) is 4.32. The molecule has 0 saturated carbocycles. The Morgan fingerprint density at radius 2 is 2.27 bits per heavy atom. The quantitative estimate of drug-likeness (QED) is 0.551. The Hall–Kier alpha value is -2.04. The van der Waals surface area contributed by atoms with Crippen LogP contribution in [-0.2, 0) is 9.53 Å². The van der Waals surface area contributed by atoms with Gasteiger partial charge in [-0.1, -0.05) is 0 Å². The number of methoxy groups -OCH3 is 1. The van der Waals surface area contributed by atoms with Gasteiger partial charge in [0.15, 0.2) is 5.58 Å². The third kappa shape index (κ3) is 1.32. The number of nitrogens with zero attached hydrogens (tertiary/aromatic N) is 1. The summed E-state index contributed by atoms with van der Waals surface area (Å²) in [6, 6.07) is 3.18. The summed E-state index contributed by atoms with van der Waals surface area (Å²) < 4.78 is 11.1. The monoisotopic (exact) mass is 207 g/mol. The first kappa shape index (κ1) is 9.51. The molecule has 2 aromatic rings. The number of rotatable bonds is 2. The zero-order valence-electron chi connectivity index (χ0n) is 8.31. The summed E-state index contributed by atoms with van der Waals surface area (Å²) in [5.74, 6) is 0.123. The molecule has 0 saturated heterocycles. The van der Waals surface area contributed by atoms with E-state index in [0.29, 0.717) is 23.3 Å². The molecule has 0 aromatic carbocycles. The van der Waals surface area contributed by atoms with Gasteiger partial charge in [0.1, 0.15) is 11.5 Å². The van der Waals surface area contributed by atoms with Gasteiger partial charge in [-0.15, -0.1) is 0 Å². The number of aryl methyl sites for hydroxylation is 1. The summed E-state index contributed by atoms with van der Waals surface area (Å²) in [5, 5.41) is 0. The average molecular weight is 207 g/mol. The molecular formula is C10H9NO4. The Balaban J connectivity index is 2.70. The van der Waals surface area contributed by atoms with Gasteiger partial charge in [0.25, 0.3) is 0 Å². The molecular weight excluding hydrogens is 198 g/mol. The molecule has 0 bridgehead atoms. The van der Waals surface area contributed by atoms with Gasteiger partial charge in [0.2, 0.25) is 6.41 Å². The molecule has 0 aliphatic rings. The number of esters is 1. The number of aromatic nitrogens is 1. The maximum Gasteiger partial charge on any atom is 0.355 e. The van der Waals surface area contributed by atoms with E-state index in [9.17, 15) is 9.59 Å². The number of carbonyl (C=O) groups excluding carboxylic acids is 2. The van der Waals surface area contributed by atoms with Gasteiger partial charge in [-0.3, -0.25) is 9.36 Å². The minimum absolute atomic E-state index is 0.168. The molecule has 2 aromatic heterocycles. The van der Waals surface area contributed by atoms with Crippen LogP contribution in [0.15, 0.2) is 16.5 Å². The van der Waals surface area contributed by atoms with Crippen molar-refractivity contribution in [2.75, 3.05) is 7.11 Å². The summed E-state index contributed by atoms with van der Waals surface area (Å²) in [5.41, 5.74) is 1.24. The molecule has 2 heterocycles. The molecule has 0 unspecified atom stereocenters. The fraction of sp³-hybridized carbons (Fsp3) is 0.200. The Bertz CT molecular complexity index is 535. The van der Waals surface area contributed by atoms with Gasteiger partial charge in [-0.2, -0.15) is 0 Å². The first-order valence-electron chi connectivity index (χ1n) is 4.32. The minimum Gasteiger partial charge on any atom is -0.464 e. The maximum absolute atomic E-state index is 11.3. The molecule has 5 nitrogen and oxygen atoms in total. The van der Waals surface area contributed by atoms with Crippen molar-refractivity contribution >= 4 is 23.5 Å². The number of fused-ring (bicyclic) bond motifs is 1. The van der Waals surface area contributed by atoms with E-state index in [-0.39, 0.29) is 5.69 Å². The average Bonchev–Trinajstić information content (AvgIpc) is 2.71. The van der Waals surface area contributed by atoms with Crippen molar-refractivity contribution in [3.8, 4) is 0 Å². The fourth-order valence-corrected chi connectivity index (χ4v) is 1.51. The number of ether oxygens (including phenoxy) is 1. The van der Waals surface area contributed by atoms with E-state index >= 15 is 0 Å². The number of carbonyl (C=O) groups is 2. The molecule has 0 fully saturated rings. The zero-order chi connectivity index (χ0) is 11.0. The largest absolute Gasteiger partial charge is 0.464 e. The second-order valence-electron chi connectivity index (χ2n) is 3.10. The van der Waals surface area contributed by atoms with Crippen molar-refractivity contribution in [1.29, 1.82) is 0 Å². The highest BCUT2D eigenvalue weighted by Gasteiger charge is 2.18. The van der Waals surface area contributed by atoms with Crippen LogP contribution in [0.4, 0.5) is 0 Å². The van der Waals surface area contributed by atoms with Crippen LogP contribution in [0.25, 0.3) is 11.1 Å². The third-order valence-corrected chi connectivity index (χ3v) is 2.15. The van der Waals surface area contributed by atoms with Gasteiger partial charge in [0, 0.05) is 12.1 Å². The molecule has 0 atom stereocenters. The molecule has 0 spiro atoms. The van der Waals surface area contributed by atoms with Crippen molar-refractivity contribution in [3.05, 3.63) is 23.6 Å². The van der Waals surface area contributed by atoms with Crippen molar-refractivity contribution in [3.63, 3.8) is 0 Å². The Labute approximate surface area is 85.2 Å². The van der Waals surface area contributed by atoms with Crippen LogP contribution >= 0.6 is 0 Å². The number of furan rings is 1. The van der Waals surface area contributed by atoms with E-state index in [1.165, 1.54) is 17.7 Å². The summed E-state index contributed by atoms with van der Waals surface area (Å²) in [6.45, 7) is 1.77. The maximum atomic E-state index is 11.3. The van der Waals surface area contributed by atoms with Gasteiger partial charge in [-0.25, -0.2) is 4.79 Å². The number of hydrogen-bond donors (Lipinski definition) is 0. The predicted octanol–water partition coefficient (Wildman–Crippen LogP) is 1.37. The molecule has 0 N–H and O–H groups in total. The van der Waals surface area contributed by atoms with E-state index < -0.39 is 5.97 Å². The van der Waals surface area contributed by atoms with Crippen LogP contribution in [0.2, 0.25) is 0 Å². The van der Waals surface area contributed by atoms with Crippen LogP contribution in [0, 0.1) is 6.92 Å². The van der Waals surface area contributed by atoms with E-state index in [0.717, 1.165) is 0 Å². The normalized spacial score (nSPS) is 10.5. The van der Waals surface area contributed by atoms with E-state index in [4.69, 9.17) is 4.42 Å². The zero-order valence-corrected chi connectivity index (χ0v) is 8.31. The smallest absolute Gasteiger partial charge is 0.355 e. The summed E-state index contributed by atoms with van der Waals surface area (Å²) in [4.78, 5) is 22.1. The van der Waals surface area contributed by atoms with Crippen molar-refractivity contribution in [1.82, 2.24) is 4.57 Å². The molecule has 0 aliphatic carbocycles. The lowest BCUT2D eigenvalue weighted by Gasteiger charge is -1.98. The summed E-state index contributed by atoms with van der Waals surface area (Å²) in [7, 11) is 1.26. The lowest BCUT2D eigenvalue weighted by Crippen LogP contribution is -2.09. The highest BCUT2D eigenvalue weighted by atomic mass is 16.5. The highest BCUT2D eigenvalue weighted by Crippen LogP contribution is 2.22. The molecule has 0 radical (unpaired) electrons. The van der Waals surface area contributed by atoms with E-state index in [1.54, 1.807) is 13.0 Å². The van der Waals surface area contributed by atoms with Crippen LogP contribution in [0.5, 0.6) is 0 Å². The van der Waals surface area contributed by atoms with Crippen molar-refractivity contribution in [2.45, 2.75) is 6.92 Å². The number of hydrogen-bond acceptors (Lipinski definition) is 4. The SMILES string of the molecule is COC(=O)c1cc2oc(C)cc2n1C=O. The molecule has 5 heteroatoms. The summed E-state index contributed by atoms with van der Waals surface area (Å²) >= 11 is 0. The highest BCUT2D eigenvalue weighted by molar-refractivity contribution is 5.97. The predicted molar refractivity (Wildman–Crippen MR) is 52.4 cm³/mol. The minimum atomic E-state index is -0.564.